The fourth-order valence-electron chi connectivity index (χ4n) is 2.10. The van der Waals surface area contributed by atoms with Crippen molar-refractivity contribution in [1.29, 1.82) is 0 Å². The summed E-state index contributed by atoms with van der Waals surface area (Å²) in [4.78, 5) is 16.1. The lowest BCUT2D eigenvalue weighted by atomic mass is 10.1. The van der Waals surface area contributed by atoms with Gasteiger partial charge in [0.15, 0.2) is 6.61 Å². The van der Waals surface area contributed by atoms with Crippen molar-refractivity contribution in [2.24, 2.45) is 0 Å². The fraction of sp³-hybridized carbons (Fsp3) is 0.533. The number of nitrogens with zero attached hydrogens (tertiary/aromatic N) is 2. The average molecular weight is 262 g/mol. The first kappa shape index (κ1) is 13.9. The number of piperazine rings is 1. The first-order valence-corrected chi connectivity index (χ1v) is 6.72. The van der Waals surface area contributed by atoms with Gasteiger partial charge in [0.1, 0.15) is 5.75 Å². The van der Waals surface area contributed by atoms with Gasteiger partial charge in [0.2, 0.25) is 0 Å². The molecule has 1 amide bonds. The number of hydrogen-bond acceptors (Lipinski definition) is 3. The molecular weight excluding hydrogens is 240 g/mol. The number of aryl methyl sites for hydroxylation is 2. The Labute approximate surface area is 115 Å². The van der Waals surface area contributed by atoms with E-state index < -0.39 is 0 Å². The summed E-state index contributed by atoms with van der Waals surface area (Å²) in [6, 6.07) is 5.91. The zero-order valence-corrected chi connectivity index (χ0v) is 12.0. The molecule has 1 saturated heterocycles. The van der Waals surface area contributed by atoms with E-state index in [0.717, 1.165) is 31.9 Å². The molecule has 4 heteroatoms. The predicted molar refractivity (Wildman–Crippen MR) is 75.5 cm³/mol. The molecule has 104 valence electrons. The Bertz CT molecular complexity index is 451. The van der Waals surface area contributed by atoms with Crippen LogP contribution in [-0.2, 0) is 4.79 Å². The van der Waals surface area contributed by atoms with Crippen molar-refractivity contribution in [3.05, 3.63) is 29.3 Å². The van der Waals surface area contributed by atoms with Gasteiger partial charge in [-0.25, -0.2) is 0 Å². The topological polar surface area (TPSA) is 32.8 Å². The molecule has 0 saturated carbocycles. The van der Waals surface area contributed by atoms with Gasteiger partial charge >= 0.3 is 0 Å². The standard InChI is InChI=1S/C15H22N2O2/c1-12-4-5-14(10-13(12)2)19-11-15(18)17-8-6-16(3)7-9-17/h4-5,10H,6-9,11H2,1-3H3. The zero-order valence-electron chi connectivity index (χ0n) is 12.0. The molecule has 0 bridgehead atoms. The maximum atomic E-state index is 12.0. The van der Waals surface area contributed by atoms with Gasteiger partial charge in [-0.2, -0.15) is 0 Å². The fourth-order valence-corrected chi connectivity index (χ4v) is 2.10. The van der Waals surface area contributed by atoms with E-state index in [2.05, 4.69) is 18.9 Å². The van der Waals surface area contributed by atoms with Gasteiger partial charge in [-0.1, -0.05) is 6.07 Å². The van der Waals surface area contributed by atoms with Crippen LogP contribution >= 0.6 is 0 Å². The van der Waals surface area contributed by atoms with Crippen molar-refractivity contribution >= 4 is 5.91 Å². The van der Waals surface area contributed by atoms with Crippen molar-refractivity contribution in [2.75, 3.05) is 39.8 Å². The van der Waals surface area contributed by atoms with Crippen LogP contribution in [0.15, 0.2) is 18.2 Å². The Morgan fingerprint density at radius 2 is 1.84 bits per heavy atom. The number of carbonyl (C=O) groups is 1. The highest BCUT2D eigenvalue weighted by molar-refractivity contribution is 5.77. The number of carbonyl (C=O) groups excluding carboxylic acids is 1. The van der Waals surface area contributed by atoms with E-state index in [0.29, 0.717) is 0 Å². The second-order valence-electron chi connectivity index (χ2n) is 5.22. The number of hydrogen-bond donors (Lipinski definition) is 0. The molecular formula is C15H22N2O2. The number of likely N-dealkylation sites (N-methyl/N-ethyl adjacent to an activating group) is 1. The number of ether oxygens (including phenoxy) is 1. The van der Waals surface area contributed by atoms with Gasteiger partial charge in [0.25, 0.3) is 5.91 Å². The van der Waals surface area contributed by atoms with Gasteiger partial charge in [-0.15, -0.1) is 0 Å². The molecule has 1 aliphatic rings. The van der Waals surface area contributed by atoms with E-state index in [1.165, 1.54) is 11.1 Å². The third-order valence-corrected chi connectivity index (χ3v) is 3.70. The van der Waals surface area contributed by atoms with E-state index in [1.54, 1.807) is 0 Å². The van der Waals surface area contributed by atoms with Crippen LogP contribution in [0.25, 0.3) is 0 Å². The predicted octanol–water partition coefficient (Wildman–Crippen LogP) is 1.46. The van der Waals surface area contributed by atoms with Crippen molar-refractivity contribution in [1.82, 2.24) is 9.80 Å². The highest BCUT2D eigenvalue weighted by Crippen LogP contribution is 2.16. The average Bonchev–Trinajstić information content (AvgIpc) is 2.40. The highest BCUT2D eigenvalue weighted by atomic mass is 16.5. The van der Waals surface area contributed by atoms with Crippen molar-refractivity contribution in [3.8, 4) is 5.75 Å². The maximum Gasteiger partial charge on any atom is 0.260 e. The third-order valence-electron chi connectivity index (χ3n) is 3.70. The summed E-state index contributed by atoms with van der Waals surface area (Å²) in [7, 11) is 2.08. The van der Waals surface area contributed by atoms with Crippen LogP contribution in [0.1, 0.15) is 11.1 Å². The first-order valence-electron chi connectivity index (χ1n) is 6.72. The van der Waals surface area contributed by atoms with Crippen molar-refractivity contribution in [2.45, 2.75) is 13.8 Å². The van der Waals surface area contributed by atoms with Crippen LogP contribution in [0.3, 0.4) is 0 Å². The smallest absolute Gasteiger partial charge is 0.260 e. The first-order chi connectivity index (χ1) is 9.06. The minimum Gasteiger partial charge on any atom is -0.484 e. The van der Waals surface area contributed by atoms with Crippen LogP contribution < -0.4 is 4.74 Å². The minimum absolute atomic E-state index is 0.0753. The Hall–Kier alpha value is -1.55. The lowest BCUT2D eigenvalue weighted by Crippen LogP contribution is -2.48. The van der Waals surface area contributed by atoms with E-state index in [9.17, 15) is 4.79 Å². The number of benzene rings is 1. The molecule has 1 aromatic rings. The Morgan fingerprint density at radius 1 is 1.16 bits per heavy atom. The van der Waals surface area contributed by atoms with E-state index in [4.69, 9.17) is 4.74 Å². The van der Waals surface area contributed by atoms with Crippen molar-refractivity contribution in [3.63, 3.8) is 0 Å². The molecule has 0 atom stereocenters. The van der Waals surface area contributed by atoms with Crippen LogP contribution in [0.4, 0.5) is 0 Å². The SMILES string of the molecule is Cc1ccc(OCC(=O)N2CCN(C)CC2)cc1C. The molecule has 1 fully saturated rings. The second kappa shape index (κ2) is 6.06. The van der Waals surface area contributed by atoms with Gasteiger partial charge in [0, 0.05) is 26.2 Å². The summed E-state index contributed by atoms with van der Waals surface area (Å²) in [5, 5.41) is 0. The lowest BCUT2D eigenvalue weighted by molar-refractivity contribution is -0.134. The summed E-state index contributed by atoms with van der Waals surface area (Å²) >= 11 is 0. The highest BCUT2D eigenvalue weighted by Gasteiger charge is 2.19. The summed E-state index contributed by atoms with van der Waals surface area (Å²) in [5.74, 6) is 0.844. The van der Waals surface area contributed by atoms with E-state index in [1.807, 2.05) is 30.0 Å². The molecule has 0 unspecified atom stereocenters. The molecule has 1 aliphatic heterocycles. The normalized spacial score (nSPS) is 16.5. The maximum absolute atomic E-state index is 12.0. The Balaban J connectivity index is 1.84. The number of amides is 1. The third kappa shape index (κ3) is 3.70. The van der Waals surface area contributed by atoms with Gasteiger partial charge in [0.05, 0.1) is 0 Å². The Kier molecular flexibility index (Phi) is 4.43. The van der Waals surface area contributed by atoms with Crippen LogP contribution in [0, 0.1) is 13.8 Å². The summed E-state index contributed by atoms with van der Waals surface area (Å²) in [6.45, 7) is 7.72. The second-order valence-corrected chi connectivity index (χ2v) is 5.22. The molecule has 4 nitrogen and oxygen atoms in total. The van der Waals surface area contributed by atoms with Gasteiger partial charge < -0.3 is 14.5 Å². The molecule has 0 spiro atoms. The monoisotopic (exact) mass is 262 g/mol. The largest absolute Gasteiger partial charge is 0.484 e. The summed E-state index contributed by atoms with van der Waals surface area (Å²) in [6.07, 6.45) is 0. The van der Waals surface area contributed by atoms with E-state index >= 15 is 0 Å². The van der Waals surface area contributed by atoms with Gasteiger partial charge in [-0.3, -0.25) is 4.79 Å². The zero-order chi connectivity index (χ0) is 13.8. The van der Waals surface area contributed by atoms with Gasteiger partial charge in [-0.05, 0) is 44.2 Å². The van der Waals surface area contributed by atoms with Crippen LogP contribution in [-0.4, -0.2) is 55.5 Å². The van der Waals surface area contributed by atoms with E-state index in [-0.39, 0.29) is 12.5 Å². The molecule has 19 heavy (non-hydrogen) atoms. The Morgan fingerprint density at radius 3 is 2.47 bits per heavy atom. The molecule has 1 aromatic carbocycles. The lowest BCUT2D eigenvalue weighted by Gasteiger charge is -2.32. The molecule has 0 N–H and O–H groups in total. The van der Waals surface area contributed by atoms with Crippen molar-refractivity contribution < 1.29 is 9.53 Å². The molecule has 0 radical (unpaired) electrons. The van der Waals surface area contributed by atoms with Crippen LogP contribution in [0.5, 0.6) is 5.75 Å². The van der Waals surface area contributed by atoms with Crippen LogP contribution in [0.2, 0.25) is 0 Å². The summed E-state index contributed by atoms with van der Waals surface area (Å²) < 4.78 is 5.58. The molecule has 1 heterocycles. The minimum atomic E-state index is 0.0753. The quantitative estimate of drug-likeness (QED) is 0.826. The molecule has 2 rings (SSSR count). The number of rotatable bonds is 3. The molecule has 0 aromatic heterocycles. The summed E-state index contributed by atoms with van der Waals surface area (Å²) in [5.41, 5.74) is 2.42. The molecule has 0 aliphatic carbocycles.